The van der Waals surface area contributed by atoms with Gasteiger partial charge in [0.25, 0.3) is 5.79 Å². The van der Waals surface area contributed by atoms with Gasteiger partial charge in [-0.05, 0) is 62.1 Å². The number of carbonyl (C=O) groups is 1. The molecule has 1 saturated carbocycles. The van der Waals surface area contributed by atoms with Gasteiger partial charge in [-0.15, -0.1) is 0 Å². The number of rotatable bonds is 5. The van der Waals surface area contributed by atoms with E-state index in [2.05, 4.69) is 5.32 Å². The van der Waals surface area contributed by atoms with Crippen LogP contribution in [-0.2, 0) is 14.8 Å². The van der Waals surface area contributed by atoms with Crippen LogP contribution in [-0.4, -0.2) is 44.6 Å². The molecule has 2 fully saturated rings. The fourth-order valence-electron chi connectivity index (χ4n) is 4.81. The number of methoxy groups -OCH3 is 1. The smallest absolute Gasteiger partial charge is 0.251 e. The second kappa shape index (κ2) is 8.53. The minimum absolute atomic E-state index is 0.147. The number of anilines is 1. The highest BCUT2D eigenvalue weighted by Crippen LogP contribution is 2.47. The Balaban J connectivity index is 1.25. The maximum Gasteiger partial charge on any atom is 0.251 e. The summed E-state index contributed by atoms with van der Waals surface area (Å²) < 4.78 is 44.8. The molecule has 3 aliphatic rings. The van der Waals surface area contributed by atoms with Crippen LogP contribution in [0.3, 0.4) is 0 Å². The Labute approximate surface area is 193 Å². The standard InChI is InChI=1S/C24H28N2O6S/c1-30-19-7-9-20(10-8-19)33(28,29)26-14-4-5-17(16-26)23(27)25-18-6-11-21-22(15-18)32-24(31-21)12-2-3-13-24/h6-11,15,17H,2-5,12-14,16H2,1H3,(H,25,27)/t17-/m0/s1. The first-order chi connectivity index (χ1) is 15.9. The summed E-state index contributed by atoms with van der Waals surface area (Å²) in [5.41, 5.74) is 0.618. The predicted molar refractivity (Wildman–Crippen MR) is 122 cm³/mol. The first-order valence-corrected chi connectivity index (χ1v) is 12.8. The zero-order chi connectivity index (χ0) is 23.1. The van der Waals surface area contributed by atoms with E-state index >= 15 is 0 Å². The van der Waals surface area contributed by atoms with Gasteiger partial charge in [0.1, 0.15) is 5.75 Å². The van der Waals surface area contributed by atoms with Crippen LogP contribution in [0.25, 0.3) is 0 Å². The lowest BCUT2D eigenvalue weighted by Crippen LogP contribution is -2.43. The second-order valence-corrected chi connectivity index (χ2v) is 10.8. The highest BCUT2D eigenvalue weighted by Gasteiger charge is 2.44. The van der Waals surface area contributed by atoms with Crippen LogP contribution in [0, 0.1) is 5.92 Å². The van der Waals surface area contributed by atoms with Crippen molar-refractivity contribution >= 4 is 21.6 Å². The molecule has 1 N–H and O–H groups in total. The van der Waals surface area contributed by atoms with Gasteiger partial charge < -0.3 is 19.5 Å². The summed E-state index contributed by atoms with van der Waals surface area (Å²) in [6.07, 6.45) is 5.14. The van der Waals surface area contributed by atoms with E-state index in [1.807, 2.05) is 6.07 Å². The van der Waals surface area contributed by atoms with Crippen LogP contribution in [0.4, 0.5) is 5.69 Å². The van der Waals surface area contributed by atoms with Gasteiger partial charge in [-0.1, -0.05) is 0 Å². The fraction of sp³-hybridized carbons (Fsp3) is 0.458. The van der Waals surface area contributed by atoms with Crippen molar-refractivity contribution in [1.29, 1.82) is 0 Å². The van der Waals surface area contributed by atoms with Crippen LogP contribution in [0.5, 0.6) is 17.2 Å². The van der Waals surface area contributed by atoms with Crippen LogP contribution >= 0.6 is 0 Å². The summed E-state index contributed by atoms with van der Waals surface area (Å²) in [5, 5.41) is 2.93. The van der Waals surface area contributed by atoms with E-state index in [9.17, 15) is 13.2 Å². The molecule has 0 radical (unpaired) electrons. The molecular weight excluding hydrogens is 444 g/mol. The molecule has 176 valence electrons. The first-order valence-electron chi connectivity index (χ1n) is 11.4. The van der Waals surface area contributed by atoms with Crippen molar-refractivity contribution in [2.75, 3.05) is 25.5 Å². The lowest BCUT2D eigenvalue weighted by Gasteiger charge is -2.31. The maximum absolute atomic E-state index is 13.1. The van der Waals surface area contributed by atoms with Crippen LogP contribution in [0.15, 0.2) is 47.4 Å². The third kappa shape index (κ3) is 4.27. The van der Waals surface area contributed by atoms with Gasteiger partial charge in [-0.3, -0.25) is 4.79 Å². The quantitative estimate of drug-likeness (QED) is 0.712. The van der Waals surface area contributed by atoms with E-state index in [1.54, 1.807) is 24.3 Å². The van der Waals surface area contributed by atoms with Crippen LogP contribution in [0.1, 0.15) is 38.5 Å². The number of amides is 1. The summed E-state index contributed by atoms with van der Waals surface area (Å²) in [5.74, 6) is 0.751. The van der Waals surface area contributed by atoms with Crippen molar-refractivity contribution in [3.63, 3.8) is 0 Å². The molecule has 2 aromatic rings. The van der Waals surface area contributed by atoms with Crippen LogP contribution in [0.2, 0.25) is 0 Å². The van der Waals surface area contributed by atoms with E-state index in [4.69, 9.17) is 14.2 Å². The lowest BCUT2D eigenvalue weighted by molar-refractivity contribution is -0.120. The molecule has 2 aliphatic heterocycles. The summed E-state index contributed by atoms with van der Waals surface area (Å²) in [7, 11) is -2.15. The fourth-order valence-corrected chi connectivity index (χ4v) is 6.33. The molecule has 1 spiro atoms. The number of nitrogens with one attached hydrogen (secondary N) is 1. The number of benzene rings is 2. The predicted octanol–water partition coefficient (Wildman–Crippen LogP) is 3.78. The summed E-state index contributed by atoms with van der Waals surface area (Å²) in [6.45, 7) is 0.540. The SMILES string of the molecule is COc1ccc(S(=O)(=O)N2CCC[C@H](C(=O)Nc3ccc4c(c3)OC3(CCCC3)O4)C2)cc1. The molecule has 1 aliphatic carbocycles. The molecule has 0 bridgehead atoms. The van der Waals surface area contributed by atoms with Crippen molar-refractivity contribution < 1.29 is 27.4 Å². The van der Waals surface area contributed by atoms with E-state index < -0.39 is 21.7 Å². The van der Waals surface area contributed by atoms with Crippen molar-refractivity contribution in [2.24, 2.45) is 5.92 Å². The van der Waals surface area contributed by atoms with Crippen molar-refractivity contribution in [2.45, 2.75) is 49.2 Å². The third-order valence-corrected chi connectivity index (χ3v) is 8.50. The molecule has 8 nitrogen and oxygen atoms in total. The van der Waals surface area contributed by atoms with Gasteiger partial charge in [-0.25, -0.2) is 8.42 Å². The molecule has 33 heavy (non-hydrogen) atoms. The molecular formula is C24H28N2O6S. The zero-order valence-electron chi connectivity index (χ0n) is 18.6. The van der Waals surface area contributed by atoms with Gasteiger partial charge in [0.2, 0.25) is 15.9 Å². The Morgan fingerprint density at radius 1 is 1.06 bits per heavy atom. The van der Waals surface area contributed by atoms with E-state index in [0.717, 1.165) is 25.7 Å². The molecule has 5 rings (SSSR count). The normalized spacial score (nSPS) is 21.8. The number of hydrogen-bond acceptors (Lipinski definition) is 6. The zero-order valence-corrected chi connectivity index (χ0v) is 19.4. The molecule has 1 saturated heterocycles. The number of piperidine rings is 1. The number of nitrogens with zero attached hydrogens (tertiary/aromatic N) is 1. The molecule has 2 aromatic carbocycles. The Morgan fingerprint density at radius 2 is 1.79 bits per heavy atom. The maximum atomic E-state index is 13.1. The Hall–Kier alpha value is -2.78. The van der Waals surface area contributed by atoms with Gasteiger partial charge >= 0.3 is 0 Å². The molecule has 2 heterocycles. The van der Waals surface area contributed by atoms with Gasteiger partial charge in [-0.2, -0.15) is 4.31 Å². The van der Waals surface area contributed by atoms with E-state index in [1.165, 1.54) is 23.5 Å². The minimum Gasteiger partial charge on any atom is -0.497 e. The molecule has 1 amide bonds. The highest BCUT2D eigenvalue weighted by atomic mass is 32.2. The second-order valence-electron chi connectivity index (χ2n) is 8.85. The van der Waals surface area contributed by atoms with Crippen LogP contribution < -0.4 is 19.5 Å². The number of ether oxygens (including phenoxy) is 3. The highest BCUT2D eigenvalue weighted by molar-refractivity contribution is 7.89. The van der Waals surface area contributed by atoms with E-state index in [0.29, 0.717) is 42.3 Å². The largest absolute Gasteiger partial charge is 0.497 e. The molecule has 0 aromatic heterocycles. The van der Waals surface area contributed by atoms with Crippen molar-refractivity contribution in [3.05, 3.63) is 42.5 Å². The monoisotopic (exact) mass is 472 g/mol. The minimum atomic E-state index is -3.69. The van der Waals surface area contributed by atoms with Gasteiger partial charge in [0, 0.05) is 37.7 Å². The number of carbonyl (C=O) groups excluding carboxylic acids is 1. The molecule has 1 atom stereocenters. The van der Waals surface area contributed by atoms with E-state index in [-0.39, 0.29) is 17.3 Å². The van der Waals surface area contributed by atoms with Crippen molar-refractivity contribution in [1.82, 2.24) is 4.31 Å². The summed E-state index contributed by atoms with van der Waals surface area (Å²) in [4.78, 5) is 13.2. The van der Waals surface area contributed by atoms with Gasteiger partial charge in [0.15, 0.2) is 11.5 Å². The molecule has 0 unspecified atom stereocenters. The Morgan fingerprint density at radius 3 is 2.52 bits per heavy atom. The molecule has 9 heteroatoms. The topological polar surface area (TPSA) is 94.2 Å². The average Bonchev–Trinajstić information content (AvgIpc) is 3.44. The average molecular weight is 473 g/mol. The lowest BCUT2D eigenvalue weighted by atomic mass is 9.98. The Bertz CT molecular complexity index is 1140. The van der Waals surface area contributed by atoms with Crippen molar-refractivity contribution in [3.8, 4) is 17.2 Å². The van der Waals surface area contributed by atoms with Gasteiger partial charge in [0.05, 0.1) is 17.9 Å². The third-order valence-electron chi connectivity index (χ3n) is 6.62. The number of fused-ring (bicyclic) bond motifs is 1. The first kappa shape index (κ1) is 22.0. The number of sulfonamides is 1. The Kier molecular flexibility index (Phi) is 5.70. The summed E-state index contributed by atoms with van der Waals surface area (Å²) >= 11 is 0. The number of hydrogen-bond donors (Lipinski definition) is 1. The summed E-state index contributed by atoms with van der Waals surface area (Å²) in [6, 6.07) is 11.7.